The number of rotatable bonds is 10. The largest absolute Gasteiger partial charge is 0.485 e. The Morgan fingerprint density at radius 1 is 1.16 bits per heavy atom. The van der Waals surface area contributed by atoms with Gasteiger partial charge < -0.3 is 15.0 Å². The van der Waals surface area contributed by atoms with E-state index in [0.717, 1.165) is 38.2 Å². The molecule has 1 aromatic carbocycles. The Hall–Kier alpha value is -1.36. The first-order valence-corrected chi connectivity index (χ1v) is 10.5. The van der Waals surface area contributed by atoms with E-state index in [1.165, 1.54) is 36.4 Å². The normalized spacial score (nSPS) is 16.2. The summed E-state index contributed by atoms with van der Waals surface area (Å²) in [6.07, 6.45) is 4.90. The van der Waals surface area contributed by atoms with Crippen molar-refractivity contribution < 1.29 is 4.74 Å². The lowest BCUT2D eigenvalue weighted by atomic mass is 10.1. The molecule has 3 nitrogen and oxygen atoms in total. The summed E-state index contributed by atoms with van der Waals surface area (Å²) in [5.41, 5.74) is 1.33. The minimum Gasteiger partial charge on any atom is -0.485 e. The van der Waals surface area contributed by atoms with Gasteiger partial charge in [-0.1, -0.05) is 31.2 Å². The van der Waals surface area contributed by atoms with Crippen molar-refractivity contribution in [3.05, 3.63) is 52.2 Å². The van der Waals surface area contributed by atoms with E-state index in [2.05, 4.69) is 58.9 Å². The van der Waals surface area contributed by atoms with E-state index in [4.69, 9.17) is 4.74 Å². The second-order valence-corrected chi connectivity index (χ2v) is 7.65. The van der Waals surface area contributed by atoms with E-state index in [9.17, 15) is 0 Å². The number of nitrogens with zero attached hydrogens (tertiary/aromatic N) is 1. The van der Waals surface area contributed by atoms with Crippen molar-refractivity contribution in [3.8, 4) is 5.75 Å². The number of hydrogen-bond acceptors (Lipinski definition) is 4. The number of likely N-dealkylation sites (tertiary alicyclic amines) is 1. The first-order valence-electron chi connectivity index (χ1n) is 9.58. The molecule has 0 aliphatic carbocycles. The predicted molar refractivity (Wildman–Crippen MR) is 107 cm³/mol. The van der Waals surface area contributed by atoms with Crippen molar-refractivity contribution in [3.63, 3.8) is 0 Å². The maximum absolute atomic E-state index is 6.50. The summed E-state index contributed by atoms with van der Waals surface area (Å²) in [6.45, 7) is 7.78. The van der Waals surface area contributed by atoms with Gasteiger partial charge in [0.25, 0.3) is 0 Å². The van der Waals surface area contributed by atoms with Crippen LogP contribution in [-0.4, -0.2) is 37.6 Å². The fourth-order valence-electron chi connectivity index (χ4n) is 3.41. The van der Waals surface area contributed by atoms with Crippen LogP contribution < -0.4 is 10.1 Å². The fourth-order valence-corrected chi connectivity index (χ4v) is 4.20. The molecule has 1 saturated heterocycles. The molecule has 2 aromatic rings. The van der Waals surface area contributed by atoms with Gasteiger partial charge >= 0.3 is 0 Å². The monoisotopic (exact) mass is 358 g/mol. The van der Waals surface area contributed by atoms with Crippen LogP contribution in [0.15, 0.2) is 41.8 Å². The highest BCUT2D eigenvalue weighted by molar-refractivity contribution is 7.10. The summed E-state index contributed by atoms with van der Waals surface area (Å²) in [5, 5.41) is 5.56. The SMILES string of the molecule is CCNCC[C@@H](Oc1ccccc1CCN1CCCC1)c1cccs1. The van der Waals surface area contributed by atoms with Gasteiger partial charge in [-0.2, -0.15) is 0 Å². The van der Waals surface area contributed by atoms with E-state index >= 15 is 0 Å². The Bertz CT molecular complexity index is 608. The maximum Gasteiger partial charge on any atom is 0.134 e. The molecule has 0 spiro atoms. The van der Waals surface area contributed by atoms with Gasteiger partial charge in [0, 0.05) is 17.8 Å². The maximum atomic E-state index is 6.50. The molecule has 1 aliphatic heterocycles. The van der Waals surface area contributed by atoms with Crippen molar-refractivity contribution in [1.82, 2.24) is 10.2 Å². The van der Waals surface area contributed by atoms with Crippen LogP contribution in [0, 0.1) is 0 Å². The van der Waals surface area contributed by atoms with E-state index in [0.29, 0.717) is 0 Å². The molecular weight excluding hydrogens is 328 g/mol. The highest BCUT2D eigenvalue weighted by atomic mass is 32.1. The molecule has 1 aromatic heterocycles. The van der Waals surface area contributed by atoms with E-state index in [1.54, 1.807) is 11.3 Å². The van der Waals surface area contributed by atoms with Gasteiger partial charge in [0.2, 0.25) is 0 Å². The third kappa shape index (κ3) is 5.56. The van der Waals surface area contributed by atoms with Crippen LogP contribution in [0.4, 0.5) is 0 Å². The Balaban J connectivity index is 1.66. The summed E-state index contributed by atoms with van der Waals surface area (Å²) in [6, 6.07) is 12.9. The van der Waals surface area contributed by atoms with Crippen LogP contribution in [0.1, 0.15) is 42.7 Å². The molecule has 136 valence electrons. The fraction of sp³-hybridized carbons (Fsp3) is 0.524. The van der Waals surface area contributed by atoms with E-state index < -0.39 is 0 Å². The first kappa shape index (κ1) is 18.4. The van der Waals surface area contributed by atoms with Crippen LogP contribution in [0.5, 0.6) is 5.75 Å². The third-order valence-electron chi connectivity index (χ3n) is 4.83. The van der Waals surface area contributed by atoms with Crippen LogP contribution in [0.2, 0.25) is 0 Å². The number of hydrogen-bond donors (Lipinski definition) is 1. The summed E-state index contributed by atoms with van der Waals surface area (Å²) >= 11 is 1.79. The molecule has 0 radical (unpaired) electrons. The van der Waals surface area contributed by atoms with Gasteiger partial charge in [0.05, 0.1) is 0 Å². The summed E-state index contributed by atoms with van der Waals surface area (Å²) in [4.78, 5) is 3.88. The molecule has 1 fully saturated rings. The molecule has 1 N–H and O–H groups in total. The minimum atomic E-state index is 0.131. The number of thiophene rings is 1. The van der Waals surface area contributed by atoms with Crippen LogP contribution in [-0.2, 0) is 6.42 Å². The highest BCUT2D eigenvalue weighted by Crippen LogP contribution is 2.30. The summed E-state index contributed by atoms with van der Waals surface area (Å²) in [7, 11) is 0. The zero-order valence-corrected chi connectivity index (χ0v) is 16.1. The predicted octanol–water partition coefficient (Wildman–Crippen LogP) is 4.51. The topological polar surface area (TPSA) is 24.5 Å². The van der Waals surface area contributed by atoms with Gasteiger partial charge in [-0.05, 0) is 68.5 Å². The third-order valence-corrected chi connectivity index (χ3v) is 5.80. The molecule has 0 amide bonds. The van der Waals surface area contributed by atoms with Gasteiger partial charge in [-0.15, -0.1) is 11.3 Å². The van der Waals surface area contributed by atoms with Gasteiger partial charge in [0.1, 0.15) is 11.9 Å². The lowest BCUT2D eigenvalue weighted by Gasteiger charge is -2.21. The van der Waals surface area contributed by atoms with Crippen LogP contribution in [0.3, 0.4) is 0 Å². The molecule has 0 bridgehead atoms. The zero-order valence-electron chi connectivity index (χ0n) is 15.2. The molecule has 1 aliphatic rings. The molecule has 4 heteroatoms. The van der Waals surface area contributed by atoms with Crippen LogP contribution >= 0.6 is 11.3 Å². The molecule has 0 unspecified atom stereocenters. The van der Waals surface area contributed by atoms with Gasteiger partial charge in [-0.3, -0.25) is 0 Å². The van der Waals surface area contributed by atoms with E-state index in [-0.39, 0.29) is 6.10 Å². The molecule has 0 saturated carbocycles. The Kier molecular flexibility index (Phi) is 7.34. The Morgan fingerprint density at radius 2 is 2.00 bits per heavy atom. The standard InChI is InChI=1S/C21H30N2OS/c1-2-22-13-11-20(21-10-7-17-25-21)24-19-9-4-3-8-18(19)12-16-23-14-5-6-15-23/h3-4,7-10,17,20,22H,2,5-6,11-16H2,1H3/t20-/m1/s1. The van der Waals surface area contributed by atoms with Crippen molar-refractivity contribution in [1.29, 1.82) is 0 Å². The average Bonchev–Trinajstić information content (AvgIpc) is 3.34. The van der Waals surface area contributed by atoms with Crippen molar-refractivity contribution in [2.75, 3.05) is 32.7 Å². The van der Waals surface area contributed by atoms with Crippen molar-refractivity contribution in [2.45, 2.75) is 38.7 Å². The molecule has 25 heavy (non-hydrogen) atoms. The Labute approximate surface area is 156 Å². The molecular formula is C21H30N2OS. The van der Waals surface area contributed by atoms with E-state index in [1.807, 2.05) is 0 Å². The van der Waals surface area contributed by atoms with Crippen molar-refractivity contribution >= 4 is 11.3 Å². The quantitative estimate of drug-likeness (QED) is 0.633. The molecule has 2 heterocycles. The number of para-hydroxylation sites is 1. The smallest absolute Gasteiger partial charge is 0.134 e. The lowest BCUT2D eigenvalue weighted by Crippen LogP contribution is -2.22. The lowest BCUT2D eigenvalue weighted by molar-refractivity contribution is 0.195. The van der Waals surface area contributed by atoms with Gasteiger partial charge in [0.15, 0.2) is 0 Å². The minimum absolute atomic E-state index is 0.131. The number of benzene rings is 1. The molecule has 3 rings (SSSR count). The first-order chi connectivity index (χ1) is 12.4. The molecule has 1 atom stereocenters. The van der Waals surface area contributed by atoms with Crippen LogP contribution in [0.25, 0.3) is 0 Å². The number of nitrogens with one attached hydrogen (secondary N) is 1. The Morgan fingerprint density at radius 3 is 2.76 bits per heavy atom. The second-order valence-electron chi connectivity index (χ2n) is 6.67. The summed E-state index contributed by atoms with van der Waals surface area (Å²) in [5.74, 6) is 1.05. The second kappa shape index (κ2) is 9.95. The highest BCUT2D eigenvalue weighted by Gasteiger charge is 2.17. The zero-order chi connectivity index (χ0) is 17.3. The summed E-state index contributed by atoms with van der Waals surface area (Å²) < 4.78 is 6.50. The van der Waals surface area contributed by atoms with Crippen molar-refractivity contribution in [2.24, 2.45) is 0 Å². The average molecular weight is 359 g/mol. The van der Waals surface area contributed by atoms with Gasteiger partial charge in [-0.25, -0.2) is 0 Å². The number of ether oxygens (including phenoxy) is 1.